The molecule has 2 N–H and O–H groups in total. The molecule has 6 heteroatoms. The minimum atomic E-state index is -0.554. The quantitative estimate of drug-likeness (QED) is 0.806. The lowest BCUT2D eigenvalue weighted by molar-refractivity contribution is -0.135. The standard InChI is InChI=1S/C13H21N3O3/c1-18-10-12(14)13(17)16-6-4-15(5-7-16)9-11-3-2-8-19-11/h2-3,8,12H,4-7,9-10,14H2,1H3. The zero-order chi connectivity index (χ0) is 13.7. The van der Waals surface area contributed by atoms with E-state index in [0.29, 0.717) is 13.1 Å². The van der Waals surface area contributed by atoms with Gasteiger partial charge in [0.25, 0.3) is 0 Å². The van der Waals surface area contributed by atoms with E-state index in [1.807, 2.05) is 17.0 Å². The maximum atomic E-state index is 12.0. The third kappa shape index (κ3) is 3.79. The summed E-state index contributed by atoms with van der Waals surface area (Å²) in [6.07, 6.45) is 1.68. The molecule has 1 unspecified atom stereocenters. The second-order valence-electron chi connectivity index (χ2n) is 4.74. The van der Waals surface area contributed by atoms with Gasteiger partial charge in [-0.05, 0) is 12.1 Å². The maximum absolute atomic E-state index is 12.0. The predicted octanol–water partition coefficient (Wildman–Crippen LogP) is -0.102. The molecule has 6 nitrogen and oxygen atoms in total. The van der Waals surface area contributed by atoms with E-state index < -0.39 is 6.04 Å². The topological polar surface area (TPSA) is 71.9 Å². The Balaban J connectivity index is 1.77. The van der Waals surface area contributed by atoms with Gasteiger partial charge >= 0.3 is 0 Å². The Kier molecular flexibility index (Phi) is 4.95. The average molecular weight is 267 g/mol. The zero-order valence-electron chi connectivity index (χ0n) is 11.2. The molecule has 0 aromatic carbocycles. The number of nitrogens with two attached hydrogens (primary N) is 1. The molecule has 19 heavy (non-hydrogen) atoms. The molecule has 2 heterocycles. The van der Waals surface area contributed by atoms with E-state index in [2.05, 4.69) is 4.90 Å². The fourth-order valence-corrected chi connectivity index (χ4v) is 2.23. The van der Waals surface area contributed by atoms with E-state index in [1.54, 1.807) is 13.4 Å². The number of amides is 1. The summed E-state index contributed by atoms with van der Waals surface area (Å²) < 4.78 is 10.2. The molecule has 106 valence electrons. The van der Waals surface area contributed by atoms with Crippen molar-refractivity contribution in [2.45, 2.75) is 12.6 Å². The van der Waals surface area contributed by atoms with Crippen molar-refractivity contribution in [3.05, 3.63) is 24.2 Å². The Morgan fingerprint density at radius 2 is 2.21 bits per heavy atom. The number of furan rings is 1. The van der Waals surface area contributed by atoms with Gasteiger partial charge in [0, 0.05) is 33.3 Å². The number of hydrogen-bond acceptors (Lipinski definition) is 5. The molecule has 1 aromatic heterocycles. The normalized spacial score (nSPS) is 18.5. The number of hydrogen-bond donors (Lipinski definition) is 1. The van der Waals surface area contributed by atoms with Crippen molar-refractivity contribution in [3.63, 3.8) is 0 Å². The molecule has 0 aliphatic carbocycles. The molecule has 1 aromatic rings. The summed E-state index contributed by atoms with van der Waals surface area (Å²) in [5.41, 5.74) is 5.76. The van der Waals surface area contributed by atoms with Gasteiger partial charge in [-0.25, -0.2) is 0 Å². The zero-order valence-corrected chi connectivity index (χ0v) is 11.2. The molecule has 0 bridgehead atoms. The number of methoxy groups -OCH3 is 1. The number of carbonyl (C=O) groups excluding carboxylic acids is 1. The van der Waals surface area contributed by atoms with Crippen LogP contribution in [-0.2, 0) is 16.1 Å². The van der Waals surface area contributed by atoms with Crippen molar-refractivity contribution in [1.29, 1.82) is 0 Å². The number of piperazine rings is 1. The van der Waals surface area contributed by atoms with Crippen LogP contribution in [0.4, 0.5) is 0 Å². The number of nitrogens with zero attached hydrogens (tertiary/aromatic N) is 2. The van der Waals surface area contributed by atoms with E-state index in [1.165, 1.54) is 0 Å². The molecule has 0 spiro atoms. The molecule has 1 fully saturated rings. The minimum Gasteiger partial charge on any atom is -0.468 e. The van der Waals surface area contributed by atoms with Crippen LogP contribution in [0, 0.1) is 0 Å². The van der Waals surface area contributed by atoms with Crippen LogP contribution in [0.2, 0.25) is 0 Å². The van der Waals surface area contributed by atoms with Gasteiger partial charge < -0.3 is 19.8 Å². The van der Waals surface area contributed by atoms with Gasteiger partial charge in [-0.2, -0.15) is 0 Å². The van der Waals surface area contributed by atoms with Gasteiger partial charge in [-0.1, -0.05) is 0 Å². The summed E-state index contributed by atoms with van der Waals surface area (Å²) in [7, 11) is 1.55. The summed E-state index contributed by atoms with van der Waals surface area (Å²) in [4.78, 5) is 16.1. The van der Waals surface area contributed by atoms with E-state index in [4.69, 9.17) is 14.9 Å². The third-order valence-corrected chi connectivity index (χ3v) is 3.31. The first-order valence-corrected chi connectivity index (χ1v) is 6.48. The second kappa shape index (κ2) is 6.70. The highest BCUT2D eigenvalue weighted by atomic mass is 16.5. The predicted molar refractivity (Wildman–Crippen MR) is 70.4 cm³/mol. The second-order valence-corrected chi connectivity index (χ2v) is 4.74. The van der Waals surface area contributed by atoms with Crippen molar-refractivity contribution in [1.82, 2.24) is 9.80 Å². The van der Waals surface area contributed by atoms with Crippen LogP contribution in [0.1, 0.15) is 5.76 Å². The molecule has 1 aliphatic heterocycles. The maximum Gasteiger partial charge on any atom is 0.241 e. The number of rotatable bonds is 5. The highest BCUT2D eigenvalue weighted by Gasteiger charge is 2.25. The van der Waals surface area contributed by atoms with E-state index in [-0.39, 0.29) is 12.5 Å². The van der Waals surface area contributed by atoms with Crippen LogP contribution in [0.25, 0.3) is 0 Å². The van der Waals surface area contributed by atoms with Gasteiger partial charge in [0.05, 0.1) is 19.4 Å². The Morgan fingerprint density at radius 1 is 1.47 bits per heavy atom. The molecular weight excluding hydrogens is 246 g/mol. The van der Waals surface area contributed by atoms with Crippen molar-refractivity contribution < 1.29 is 13.9 Å². The van der Waals surface area contributed by atoms with Crippen molar-refractivity contribution in [3.8, 4) is 0 Å². The van der Waals surface area contributed by atoms with Crippen LogP contribution < -0.4 is 5.73 Å². The summed E-state index contributed by atoms with van der Waals surface area (Å²) in [5, 5.41) is 0. The fourth-order valence-electron chi connectivity index (χ4n) is 2.23. The van der Waals surface area contributed by atoms with Crippen molar-refractivity contribution >= 4 is 5.91 Å². The Labute approximate surface area is 113 Å². The summed E-state index contributed by atoms with van der Waals surface area (Å²) >= 11 is 0. The molecule has 0 saturated carbocycles. The Morgan fingerprint density at radius 3 is 2.79 bits per heavy atom. The fraction of sp³-hybridized carbons (Fsp3) is 0.615. The van der Waals surface area contributed by atoms with Crippen LogP contribution in [-0.4, -0.2) is 61.6 Å². The average Bonchev–Trinajstić information content (AvgIpc) is 2.92. The first-order valence-electron chi connectivity index (χ1n) is 6.48. The smallest absolute Gasteiger partial charge is 0.241 e. The van der Waals surface area contributed by atoms with Crippen LogP contribution in [0.5, 0.6) is 0 Å². The molecule has 1 atom stereocenters. The number of carbonyl (C=O) groups is 1. The SMILES string of the molecule is COCC(N)C(=O)N1CCN(Cc2ccco2)CC1. The largest absolute Gasteiger partial charge is 0.468 e. The van der Waals surface area contributed by atoms with Gasteiger partial charge in [0.1, 0.15) is 11.8 Å². The first-order chi connectivity index (χ1) is 9.20. The van der Waals surface area contributed by atoms with Crippen molar-refractivity contribution in [2.24, 2.45) is 5.73 Å². The van der Waals surface area contributed by atoms with E-state index in [0.717, 1.165) is 25.4 Å². The van der Waals surface area contributed by atoms with Gasteiger partial charge in [-0.15, -0.1) is 0 Å². The van der Waals surface area contributed by atoms with Gasteiger partial charge in [0.15, 0.2) is 0 Å². The molecular formula is C13H21N3O3. The van der Waals surface area contributed by atoms with Gasteiger partial charge in [-0.3, -0.25) is 9.69 Å². The minimum absolute atomic E-state index is 0.0282. The van der Waals surface area contributed by atoms with E-state index in [9.17, 15) is 4.79 Å². The van der Waals surface area contributed by atoms with Crippen LogP contribution in [0.3, 0.4) is 0 Å². The molecule has 2 rings (SSSR count). The number of ether oxygens (including phenoxy) is 1. The Hall–Kier alpha value is -1.37. The lowest BCUT2D eigenvalue weighted by atomic mass is 10.2. The lowest BCUT2D eigenvalue weighted by Gasteiger charge is -2.35. The molecule has 1 amide bonds. The lowest BCUT2D eigenvalue weighted by Crippen LogP contribution is -2.53. The summed E-state index contributed by atoms with van der Waals surface area (Å²) in [6, 6.07) is 3.30. The van der Waals surface area contributed by atoms with E-state index >= 15 is 0 Å². The molecule has 0 radical (unpaired) electrons. The Bertz CT molecular complexity index is 386. The molecule has 1 saturated heterocycles. The van der Waals surface area contributed by atoms with Gasteiger partial charge in [0.2, 0.25) is 5.91 Å². The third-order valence-electron chi connectivity index (χ3n) is 3.31. The monoisotopic (exact) mass is 267 g/mol. The molecule has 1 aliphatic rings. The summed E-state index contributed by atoms with van der Waals surface area (Å²) in [5.74, 6) is 0.926. The van der Waals surface area contributed by atoms with Crippen LogP contribution >= 0.6 is 0 Å². The van der Waals surface area contributed by atoms with Crippen LogP contribution in [0.15, 0.2) is 22.8 Å². The highest BCUT2D eigenvalue weighted by Crippen LogP contribution is 2.09. The summed E-state index contributed by atoms with van der Waals surface area (Å²) in [6.45, 7) is 4.15. The van der Waals surface area contributed by atoms with Crippen molar-refractivity contribution in [2.75, 3.05) is 39.9 Å². The highest BCUT2D eigenvalue weighted by molar-refractivity contribution is 5.81. The first kappa shape index (κ1) is 14.0.